The second kappa shape index (κ2) is 4.44. The molecule has 5 nitrogen and oxygen atoms in total. The molecule has 7 heteroatoms. The summed E-state index contributed by atoms with van der Waals surface area (Å²) in [6.45, 7) is 5.89. The number of hydrogen-bond donors (Lipinski definition) is 2. The number of hydrogen-bond acceptors (Lipinski definition) is 4. The molecule has 3 heterocycles. The van der Waals surface area contributed by atoms with Gasteiger partial charge in [-0.25, -0.2) is 4.98 Å². The van der Waals surface area contributed by atoms with Gasteiger partial charge in [-0.15, -0.1) is 11.3 Å². The molecule has 1 saturated heterocycles. The normalized spacial score (nSPS) is 27.9. The smallest absolute Gasteiger partial charge is 0.224 e. The molecule has 2 N–H and O–H groups in total. The second-order valence-corrected chi connectivity index (χ2v) is 7.66. The highest BCUT2D eigenvalue weighted by atomic mass is 35.5. The Balaban J connectivity index is 1.59. The second-order valence-electron chi connectivity index (χ2n) is 6.43. The average Bonchev–Trinajstić information content (AvgIpc) is 2.77. The molecule has 21 heavy (non-hydrogen) atoms. The minimum atomic E-state index is -0.543. The van der Waals surface area contributed by atoms with E-state index in [1.54, 1.807) is 0 Å². The van der Waals surface area contributed by atoms with E-state index in [0.717, 1.165) is 23.7 Å². The van der Waals surface area contributed by atoms with Gasteiger partial charge in [0.05, 0.1) is 11.2 Å². The van der Waals surface area contributed by atoms with Crippen molar-refractivity contribution in [2.45, 2.75) is 19.4 Å². The predicted octanol–water partition coefficient (Wildman–Crippen LogP) is 1.87. The van der Waals surface area contributed by atoms with E-state index in [0.29, 0.717) is 17.0 Å². The summed E-state index contributed by atoms with van der Waals surface area (Å²) in [5.41, 5.74) is 0.302. The van der Waals surface area contributed by atoms with Crippen LogP contribution in [-0.4, -0.2) is 28.4 Å². The number of carbonyl (C=O) groups is 1. The molecule has 4 rings (SSSR count). The van der Waals surface area contributed by atoms with Crippen LogP contribution in [0.15, 0.2) is 11.6 Å². The Morgan fingerprint density at radius 3 is 2.95 bits per heavy atom. The zero-order valence-corrected chi connectivity index (χ0v) is 13.5. The standard InChI is InChI=1S/C14H17ClN4OS/c1-14(2,10-11(15)17-13-19(10)3-4-21-13)18-12(20)9-7-5-16-6-8(7)9/h3-4,7-9,16H,5-6H2,1-2H3,(H,18,20)/t7-,8+,9+. The molecule has 0 unspecified atom stereocenters. The van der Waals surface area contributed by atoms with Crippen molar-refractivity contribution in [2.24, 2.45) is 17.8 Å². The topological polar surface area (TPSA) is 58.4 Å². The summed E-state index contributed by atoms with van der Waals surface area (Å²) in [6.07, 6.45) is 1.94. The molecule has 1 saturated carbocycles. The lowest BCUT2D eigenvalue weighted by atomic mass is 10.0. The highest BCUT2D eigenvalue weighted by Gasteiger charge is 2.57. The minimum absolute atomic E-state index is 0.137. The molecule has 1 amide bonds. The van der Waals surface area contributed by atoms with E-state index in [1.807, 2.05) is 29.8 Å². The van der Waals surface area contributed by atoms with Crippen molar-refractivity contribution < 1.29 is 4.79 Å². The number of piperidine rings is 1. The molecule has 2 aromatic heterocycles. The largest absolute Gasteiger partial charge is 0.345 e. The van der Waals surface area contributed by atoms with Crippen LogP contribution >= 0.6 is 22.9 Å². The van der Waals surface area contributed by atoms with Crippen molar-refractivity contribution >= 4 is 33.8 Å². The van der Waals surface area contributed by atoms with Crippen LogP contribution in [0, 0.1) is 17.8 Å². The molecule has 2 aromatic rings. The number of nitrogens with one attached hydrogen (secondary N) is 2. The number of thiazole rings is 1. The van der Waals surface area contributed by atoms with Crippen LogP contribution < -0.4 is 10.6 Å². The minimum Gasteiger partial charge on any atom is -0.345 e. The Hall–Kier alpha value is -1.11. The zero-order chi connectivity index (χ0) is 14.8. The van der Waals surface area contributed by atoms with E-state index in [1.165, 1.54) is 11.3 Å². The third-order valence-electron chi connectivity index (χ3n) is 4.64. The van der Waals surface area contributed by atoms with Gasteiger partial charge in [0.25, 0.3) is 0 Å². The summed E-state index contributed by atoms with van der Waals surface area (Å²) in [5, 5.41) is 8.91. The molecule has 3 atom stereocenters. The third kappa shape index (κ3) is 2.00. The molecule has 1 aliphatic heterocycles. The van der Waals surface area contributed by atoms with Crippen molar-refractivity contribution in [3.8, 4) is 0 Å². The quantitative estimate of drug-likeness (QED) is 0.906. The number of imidazole rings is 1. The molecular formula is C14H17ClN4OS. The Morgan fingerprint density at radius 1 is 1.52 bits per heavy atom. The highest BCUT2D eigenvalue weighted by molar-refractivity contribution is 7.15. The summed E-state index contributed by atoms with van der Waals surface area (Å²) in [7, 11) is 0. The Kier molecular flexibility index (Phi) is 2.87. The zero-order valence-electron chi connectivity index (χ0n) is 11.9. The SMILES string of the molecule is CC(C)(NC(=O)[C@H]1[C@@H]2CNC[C@@H]21)c1c(Cl)nc2sccn12. The summed E-state index contributed by atoms with van der Waals surface area (Å²) in [4.78, 5) is 17.7. The Labute approximate surface area is 131 Å². The fourth-order valence-corrected chi connectivity index (χ4v) is 4.75. The van der Waals surface area contributed by atoms with Crippen LogP contribution in [0.1, 0.15) is 19.5 Å². The average molecular weight is 325 g/mol. The van der Waals surface area contributed by atoms with Crippen molar-refractivity contribution in [1.82, 2.24) is 20.0 Å². The first kappa shape index (κ1) is 13.5. The molecule has 1 aliphatic carbocycles. The molecule has 2 aliphatic rings. The van der Waals surface area contributed by atoms with Crippen molar-refractivity contribution in [2.75, 3.05) is 13.1 Å². The molecule has 2 fully saturated rings. The number of rotatable bonds is 3. The summed E-state index contributed by atoms with van der Waals surface area (Å²) < 4.78 is 1.96. The summed E-state index contributed by atoms with van der Waals surface area (Å²) in [6, 6.07) is 0. The highest BCUT2D eigenvalue weighted by Crippen LogP contribution is 2.49. The van der Waals surface area contributed by atoms with Gasteiger partial charge < -0.3 is 10.6 Å². The van der Waals surface area contributed by atoms with Crippen LogP contribution in [0.3, 0.4) is 0 Å². The third-order valence-corrected chi connectivity index (χ3v) is 5.66. The molecule has 0 radical (unpaired) electrons. The fourth-order valence-electron chi connectivity index (χ4n) is 3.58. The first-order valence-corrected chi connectivity index (χ1v) is 8.39. The van der Waals surface area contributed by atoms with E-state index in [4.69, 9.17) is 11.6 Å². The number of fused-ring (bicyclic) bond motifs is 2. The lowest BCUT2D eigenvalue weighted by molar-refractivity contribution is -0.124. The molecular weight excluding hydrogens is 308 g/mol. The summed E-state index contributed by atoms with van der Waals surface area (Å²) in [5.74, 6) is 1.33. The van der Waals surface area contributed by atoms with Gasteiger partial charge in [0.1, 0.15) is 0 Å². The van der Waals surface area contributed by atoms with E-state index >= 15 is 0 Å². The predicted molar refractivity (Wildman–Crippen MR) is 82.6 cm³/mol. The maximum atomic E-state index is 12.5. The van der Waals surface area contributed by atoms with E-state index in [9.17, 15) is 4.79 Å². The number of halogens is 1. The Morgan fingerprint density at radius 2 is 2.24 bits per heavy atom. The van der Waals surface area contributed by atoms with E-state index in [-0.39, 0.29) is 11.8 Å². The van der Waals surface area contributed by atoms with Crippen LogP contribution in [-0.2, 0) is 10.3 Å². The lowest BCUT2D eigenvalue weighted by Crippen LogP contribution is -2.44. The number of aromatic nitrogens is 2. The van der Waals surface area contributed by atoms with Crippen LogP contribution in [0.4, 0.5) is 0 Å². The number of nitrogens with zero attached hydrogens (tertiary/aromatic N) is 2. The molecule has 0 aromatic carbocycles. The van der Waals surface area contributed by atoms with E-state index in [2.05, 4.69) is 15.6 Å². The summed E-state index contributed by atoms with van der Waals surface area (Å²) >= 11 is 7.82. The van der Waals surface area contributed by atoms with Crippen molar-refractivity contribution in [1.29, 1.82) is 0 Å². The van der Waals surface area contributed by atoms with Crippen LogP contribution in [0.25, 0.3) is 4.96 Å². The monoisotopic (exact) mass is 324 g/mol. The van der Waals surface area contributed by atoms with Gasteiger partial charge in [0, 0.05) is 17.5 Å². The van der Waals surface area contributed by atoms with Gasteiger partial charge >= 0.3 is 0 Å². The maximum Gasteiger partial charge on any atom is 0.224 e. The van der Waals surface area contributed by atoms with Crippen molar-refractivity contribution in [3.63, 3.8) is 0 Å². The number of amides is 1. The Bertz CT molecular complexity index is 712. The van der Waals surface area contributed by atoms with E-state index < -0.39 is 5.54 Å². The van der Waals surface area contributed by atoms with Gasteiger partial charge in [-0.05, 0) is 38.8 Å². The van der Waals surface area contributed by atoms with Crippen LogP contribution in [0.5, 0.6) is 0 Å². The van der Waals surface area contributed by atoms with Gasteiger partial charge in [-0.1, -0.05) is 11.6 Å². The van der Waals surface area contributed by atoms with Gasteiger partial charge in [-0.2, -0.15) is 0 Å². The first-order valence-electron chi connectivity index (χ1n) is 7.13. The van der Waals surface area contributed by atoms with Crippen molar-refractivity contribution in [3.05, 3.63) is 22.4 Å². The molecule has 0 bridgehead atoms. The van der Waals surface area contributed by atoms with Gasteiger partial charge in [0.15, 0.2) is 10.1 Å². The van der Waals surface area contributed by atoms with Gasteiger partial charge in [0.2, 0.25) is 5.91 Å². The fraction of sp³-hybridized carbons (Fsp3) is 0.571. The molecule has 0 spiro atoms. The van der Waals surface area contributed by atoms with Gasteiger partial charge in [-0.3, -0.25) is 9.20 Å². The maximum absolute atomic E-state index is 12.5. The number of carbonyl (C=O) groups excluding carboxylic acids is 1. The van der Waals surface area contributed by atoms with Crippen LogP contribution in [0.2, 0.25) is 5.15 Å². The molecule has 112 valence electrons. The first-order chi connectivity index (χ1) is 9.99. The lowest BCUT2D eigenvalue weighted by Gasteiger charge is -2.26.